The summed E-state index contributed by atoms with van der Waals surface area (Å²) in [6, 6.07) is 10.4. The van der Waals surface area contributed by atoms with Gasteiger partial charge in [-0.25, -0.2) is 0 Å². The van der Waals surface area contributed by atoms with Crippen LogP contribution in [-0.4, -0.2) is 16.0 Å². The molecule has 5 heteroatoms. The number of phenols is 1. The van der Waals surface area contributed by atoms with Crippen LogP contribution in [0.2, 0.25) is 0 Å². The van der Waals surface area contributed by atoms with Crippen molar-refractivity contribution in [2.24, 2.45) is 5.73 Å². The van der Waals surface area contributed by atoms with Crippen LogP contribution in [0.3, 0.4) is 0 Å². The van der Waals surface area contributed by atoms with E-state index < -0.39 is 5.91 Å². The number of nitrogens with two attached hydrogens (primary N) is 2. The highest BCUT2D eigenvalue weighted by atomic mass is 16.3. The molecule has 0 aliphatic rings. The number of hydrogen-bond donors (Lipinski definition) is 3. The van der Waals surface area contributed by atoms with Crippen molar-refractivity contribution in [3.63, 3.8) is 0 Å². The third kappa shape index (κ3) is 2.03. The van der Waals surface area contributed by atoms with Crippen LogP contribution in [0.4, 0.5) is 5.69 Å². The number of anilines is 1. The van der Waals surface area contributed by atoms with Crippen LogP contribution in [0.25, 0.3) is 22.0 Å². The molecule has 0 saturated heterocycles. The molecule has 0 fully saturated rings. The topological polar surface area (TPSA) is 102 Å². The second-order valence-electron chi connectivity index (χ2n) is 5.10. The average molecular weight is 293 g/mol. The van der Waals surface area contributed by atoms with Crippen LogP contribution in [0.1, 0.15) is 15.9 Å². The summed E-state index contributed by atoms with van der Waals surface area (Å²) in [5, 5.41) is 10.7. The number of pyridine rings is 1. The van der Waals surface area contributed by atoms with Crippen LogP contribution >= 0.6 is 0 Å². The van der Waals surface area contributed by atoms with E-state index in [1.165, 1.54) is 0 Å². The molecule has 110 valence electrons. The van der Waals surface area contributed by atoms with Crippen molar-refractivity contribution in [3.05, 3.63) is 53.7 Å². The molecule has 0 spiro atoms. The fourth-order valence-corrected chi connectivity index (χ4v) is 2.61. The molecule has 0 aliphatic carbocycles. The van der Waals surface area contributed by atoms with Crippen molar-refractivity contribution in [1.29, 1.82) is 0 Å². The molecule has 0 atom stereocenters. The third-order valence-corrected chi connectivity index (χ3v) is 3.78. The number of nitrogens with zero attached hydrogens (tertiary/aromatic N) is 1. The Labute approximate surface area is 127 Å². The van der Waals surface area contributed by atoms with Crippen molar-refractivity contribution in [3.8, 4) is 16.9 Å². The summed E-state index contributed by atoms with van der Waals surface area (Å²) >= 11 is 0. The average Bonchev–Trinajstić information content (AvgIpc) is 2.50. The van der Waals surface area contributed by atoms with E-state index in [0.717, 1.165) is 10.9 Å². The maximum Gasteiger partial charge on any atom is 0.250 e. The highest BCUT2D eigenvalue weighted by Crippen LogP contribution is 2.38. The van der Waals surface area contributed by atoms with Crippen LogP contribution < -0.4 is 11.5 Å². The van der Waals surface area contributed by atoms with Gasteiger partial charge in [-0.15, -0.1) is 0 Å². The highest BCUT2D eigenvalue weighted by molar-refractivity contribution is 6.10. The number of fused-ring (bicyclic) bond motifs is 1. The predicted octanol–water partition coefficient (Wildman–Crippen LogP) is 2.60. The molecule has 3 rings (SSSR count). The van der Waals surface area contributed by atoms with E-state index in [9.17, 15) is 9.90 Å². The minimum Gasteiger partial charge on any atom is -0.508 e. The summed E-state index contributed by atoms with van der Waals surface area (Å²) in [4.78, 5) is 16.0. The van der Waals surface area contributed by atoms with Crippen LogP contribution in [0.15, 0.2) is 42.6 Å². The first kappa shape index (κ1) is 13.9. The summed E-state index contributed by atoms with van der Waals surface area (Å²) in [5.74, 6) is -0.437. The molecule has 1 amide bonds. The number of carbonyl (C=O) groups is 1. The van der Waals surface area contributed by atoms with Gasteiger partial charge in [0.15, 0.2) is 0 Å². The Kier molecular flexibility index (Phi) is 3.18. The molecule has 2 aromatic carbocycles. The smallest absolute Gasteiger partial charge is 0.250 e. The van der Waals surface area contributed by atoms with Gasteiger partial charge in [-0.1, -0.05) is 18.2 Å². The molecule has 5 N–H and O–H groups in total. The van der Waals surface area contributed by atoms with Crippen molar-refractivity contribution < 1.29 is 9.90 Å². The second kappa shape index (κ2) is 5.04. The van der Waals surface area contributed by atoms with Crippen molar-refractivity contribution in [2.75, 3.05) is 5.73 Å². The van der Waals surface area contributed by atoms with Gasteiger partial charge in [0.1, 0.15) is 5.75 Å². The van der Waals surface area contributed by atoms with E-state index in [2.05, 4.69) is 4.98 Å². The lowest BCUT2D eigenvalue weighted by molar-refractivity contribution is 0.100. The first-order valence-electron chi connectivity index (χ1n) is 6.76. The van der Waals surface area contributed by atoms with E-state index in [-0.39, 0.29) is 17.0 Å². The van der Waals surface area contributed by atoms with Crippen LogP contribution in [0, 0.1) is 6.92 Å². The molecule has 0 unspecified atom stereocenters. The Bertz CT molecular complexity index is 904. The lowest BCUT2D eigenvalue weighted by atomic mass is 9.93. The number of phenolic OH excluding ortho intramolecular Hbond substituents is 1. The third-order valence-electron chi connectivity index (χ3n) is 3.78. The maximum atomic E-state index is 11.7. The number of rotatable bonds is 2. The Morgan fingerprint density at radius 1 is 1.23 bits per heavy atom. The number of aromatic hydroxyl groups is 1. The van der Waals surface area contributed by atoms with Crippen LogP contribution in [-0.2, 0) is 0 Å². The molecule has 0 bridgehead atoms. The number of nitrogen functional groups attached to an aromatic ring is 1. The lowest BCUT2D eigenvalue weighted by Crippen LogP contribution is -2.14. The highest BCUT2D eigenvalue weighted by Gasteiger charge is 2.18. The standard InChI is InChI=1S/C17H15N3O2/c1-9-11(5-2-6-13(9)21)14-15(18)12(17(19)22)8-10-4-3-7-20-16(10)14/h2-8,21H,18H2,1H3,(H2,19,22). The van der Waals surface area contributed by atoms with Gasteiger partial charge in [0.2, 0.25) is 0 Å². The second-order valence-corrected chi connectivity index (χ2v) is 5.10. The molecule has 0 saturated carbocycles. The quantitative estimate of drug-likeness (QED) is 0.632. The summed E-state index contributed by atoms with van der Waals surface area (Å²) in [7, 11) is 0. The number of hydrogen-bond acceptors (Lipinski definition) is 4. The molecule has 22 heavy (non-hydrogen) atoms. The molecule has 3 aromatic rings. The van der Waals surface area contributed by atoms with Gasteiger partial charge in [-0.2, -0.15) is 0 Å². The zero-order chi connectivity index (χ0) is 15.9. The Balaban J connectivity index is 2.49. The van der Waals surface area contributed by atoms with Crippen LogP contribution in [0.5, 0.6) is 5.75 Å². The molecular formula is C17H15N3O2. The van der Waals surface area contributed by atoms with Gasteiger partial charge in [-0.3, -0.25) is 9.78 Å². The van der Waals surface area contributed by atoms with E-state index in [4.69, 9.17) is 11.5 Å². The molecule has 5 nitrogen and oxygen atoms in total. The van der Waals surface area contributed by atoms with E-state index >= 15 is 0 Å². The first-order chi connectivity index (χ1) is 10.5. The normalized spacial score (nSPS) is 10.8. The van der Waals surface area contributed by atoms with Gasteiger partial charge >= 0.3 is 0 Å². The monoisotopic (exact) mass is 293 g/mol. The summed E-state index contributed by atoms with van der Waals surface area (Å²) < 4.78 is 0. The SMILES string of the molecule is Cc1c(O)cccc1-c1c(N)c(C(N)=O)cc2cccnc12. The minimum atomic E-state index is -0.595. The van der Waals surface area contributed by atoms with Gasteiger partial charge in [0, 0.05) is 17.1 Å². The minimum absolute atomic E-state index is 0.158. The zero-order valence-electron chi connectivity index (χ0n) is 12.0. The number of aromatic nitrogens is 1. The maximum absolute atomic E-state index is 11.7. The lowest BCUT2D eigenvalue weighted by Gasteiger charge is -2.15. The van der Waals surface area contributed by atoms with E-state index in [1.807, 2.05) is 12.1 Å². The Hall–Kier alpha value is -3.08. The zero-order valence-corrected chi connectivity index (χ0v) is 12.0. The molecular weight excluding hydrogens is 278 g/mol. The molecule has 0 aliphatic heterocycles. The van der Waals surface area contributed by atoms with E-state index in [0.29, 0.717) is 16.6 Å². The van der Waals surface area contributed by atoms with Crippen molar-refractivity contribution >= 4 is 22.5 Å². The molecule has 0 radical (unpaired) electrons. The van der Waals surface area contributed by atoms with Gasteiger partial charge in [0.25, 0.3) is 5.91 Å². The number of benzene rings is 2. The summed E-state index contributed by atoms with van der Waals surface area (Å²) in [6.07, 6.45) is 1.66. The predicted molar refractivity (Wildman–Crippen MR) is 86.5 cm³/mol. The Morgan fingerprint density at radius 3 is 2.73 bits per heavy atom. The van der Waals surface area contributed by atoms with Gasteiger partial charge < -0.3 is 16.6 Å². The first-order valence-corrected chi connectivity index (χ1v) is 6.76. The van der Waals surface area contributed by atoms with E-state index in [1.54, 1.807) is 37.4 Å². The largest absolute Gasteiger partial charge is 0.508 e. The Morgan fingerprint density at radius 2 is 2.00 bits per heavy atom. The van der Waals surface area contributed by atoms with Crippen molar-refractivity contribution in [2.45, 2.75) is 6.92 Å². The fraction of sp³-hybridized carbons (Fsp3) is 0.0588. The van der Waals surface area contributed by atoms with Crippen molar-refractivity contribution in [1.82, 2.24) is 4.98 Å². The number of amides is 1. The summed E-state index contributed by atoms with van der Waals surface area (Å²) in [5.41, 5.74) is 14.8. The molecule has 1 aromatic heterocycles. The number of carbonyl (C=O) groups excluding carboxylic acids is 1. The fourth-order valence-electron chi connectivity index (χ4n) is 2.61. The summed E-state index contributed by atoms with van der Waals surface area (Å²) in [6.45, 7) is 1.79. The van der Waals surface area contributed by atoms with Gasteiger partial charge in [-0.05, 0) is 36.2 Å². The van der Waals surface area contributed by atoms with Gasteiger partial charge in [0.05, 0.1) is 16.8 Å². The molecule has 1 heterocycles. The number of primary amides is 1.